The Morgan fingerprint density at radius 2 is 1.55 bits per heavy atom. The summed E-state index contributed by atoms with van der Waals surface area (Å²) in [6, 6.07) is 8.55. The van der Waals surface area contributed by atoms with Crippen molar-refractivity contribution < 1.29 is 0 Å². The van der Waals surface area contributed by atoms with Gasteiger partial charge in [-0.05, 0) is 18.1 Å². The lowest BCUT2D eigenvalue weighted by Crippen LogP contribution is -2.46. The fourth-order valence-corrected chi connectivity index (χ4v) is 2.45. The fourth-order valence-electron chi connectivity index (χ4n) is 2.45. The Kier molecular flexibility index (Phi) is 6.80. The van der Waals surface area contributed by atoms with Crippen LogP contribution in [0.1, 0.15) is 5.56 Å². The average Bonchev–Trinajstić information content (AvgIpc) is 2.44. The molecule has 6 N–H and O–H groups in total. The van der Waals surface area contributed by atoms with E-state index in [0.29, 0.717) is 6.04 Å². The molecule has 5 nitrogen and oxygen atoms in total. The number of nitrogen functional groups attached to an aromatic ring is 1. The van der Waals surface area contributed by atoms with Crippen molar-refractivity contribution in [3.05, 3.63) is 29.8 Å². The van der Waals surface area contributed by atoms with Gasteiger partial charge in [0.25, 0.3) is 0 Å². The van der Waals surface area contributed by atoms with Gasteiger partial charge in [0.05, 0.1) is 0 Å². The molecule has 0 spiro atoms. The number of hydrogen-bond donors (Lipinski definition) is 5. The first-order chi connectivity index (χ1) is 9.86. The van der Waals surface area contributed by atoms with Gasteiger partial charge in [-0.25, -0.2) is 0 Å². The largest absolute Gasteiger partial charge is 0.399 e. The molecular formula is C15H27N5. The summed E-state index contributed by atoms with van der Waals surface area (Å²) in [5, 5.41) is 14.0. The Morgan fingerprint density at radius 1 is 0.900 bits per heavy atom. The van der Waals surface area contributed by atoms with Crippen LogP contribution in [-0.4, -0.2) is 51.9 Å². The van der Waals surface area contributed by atoms with Gasteiger partial charge in [0.15, 0.2) is 0 Å². The van der Waals surface area contributed by atoms with Gasteiger partial charge < -0.3 is 27.0 Å². The van der Waals surface area contributed by atoms with E-state index in [0.717, 1.165) is 57.9 Å². The van der Waals surface area contributed by atoms with E-state index < -0.39 is 0 Å². The lowest BCUT2D eigenvalue weighted by molar-refractivity contribution is 0.451. The summed E-state index contributed by atoms with van der Waals surface area (Å²) in [7, 11) is 0. The molecule has 0 aromatic heterocycles. The van der Waals surface area contributed by atoms with E-state index in [4.69, 9.17) is 5.73 Å². The highest BCUT2D eigenvalue weighted by atomic mass is 15.0. The molecule has 5 heteroatoms. The molecule has 20 heavy (non-hydrogen) atoms. The SMILES string of the molecule is Nc1ccccc1C[C@H]1CNCCNCCNCCN1. The molecule has 1 aromatic carbocycles. The number of rotatable bonds is 2. The summed E-state index contributed by atoms with van der Waals surface area (Å²) in [5.41, 5.74) is 8.15. The van der Waals surface area contributed by atoms with E-state index in [2.05, 4.69) is 33.4 Å². The minimum Gasteiger partial charge on any atom is -0.399 e. The smallest absolute Gasteiger partial charge is 0.0347 e. The van der Waals surface area contributed by atoms with Crippen LogP contribution >= 0.6 is 0 Å². The molecule has 1 aromatic rings. The van der Waals surface area contributed by atoms with Crippen LogP contribution in [0.25, 0.3) is 0 Å². The Bertz CT molecular complexity index is 370. The van der Waals surface area contributed by atoms with E-state index in [1.165, 1.54) is 5.56 Å². The van der Waals surface area contributed by atoms with Crippen LogP contribution in [0.3, 0.4) is 0 Å². The van der Waals surface area contributed by atoms with Gasteiger partial charge >= 0.3 is 0 Å². The normalized spacial score (nSPS) is 22.7. The van der Waals surface area contributed by atoms with Crippen molar-refractivity contribution in [2.45, 2.75) is 12.5 Å². The standard InChI is InChI=1S/C15H27N5/c16-15-4-2-1-3-13(15)11-14-12-19-8-7-17-5-6-18-9-10-20-14/h1-4,14,17-20H,5-12,16H2/t14-/m0/s1. The third-order valence-electron chi connectivity index (χ3n) is 3.60. The second-order valence-electron chi connectivity index (χ2n) is 5.26. The second kappa shape index (κ2) is 8.92. The predicted octanol–water partition coefficient (Wildman–Crippen LogP) is -0.448. The molecule has 0 bridgehead atoms. The molecule has 1 aliphatic heterocycles. The number of nitrogens with two attached hydrogens (primary N) is 1. The first-order valence-corrected chi connectivity index (χ1v) is 7.55. The molecular weight excluding hydrogens is 250 g/mol. The zero-order chi connectivity index (χ0) is 14.0. The van der Waals surface area contributed by atoms with E-state index in [-0.39, 0.29) is 0 Å². The van der Waals surface area contributed by atoms with Crippen LogP contribution in [0, 0.1) is 0 Å². The number of nitrogens with one attached hydrogen (secondary N) is 4. The van der Waals surface area contributed by atoms with Gasteiger partial charge in [-0.1, -0.05) is 18.2 Å². The molecule has 2 rings (SSSR count). The Morgan fingerprint density at radius 3 is 2.30 bits per heavy atom. The lowest BCUT2D eigenvalue weighted by atomic mass is 10.0. The summed E-state index contributed by atoms with van der Waals surface area (Å²) in [5.74, 6) is 0. The Hall–Kier alpha value is -1.14. The number of para-hydroxylation sites is 1. The van der Waals surface area contributed by atoms with Gasteiger partial charge in [-0.2, -0.15) is 0 Å². The van der Waals surface area contributed by atoms with Gasteiger partial charge in [0, 0.05) is 57.5 Å². The van der Waals surface area contributed by atoms with Crippen LogP contribution < -0.4 is 27.0 Å². The molecule has 1 heterocycles. The van der Waals surface area contributed by atoms with Crippen molar-refractivity contribution in [3.8, 4) is 0 Å². The third-order valence-corrected chi connectivity index (χ3v) is 3.60. The first kappa shape index (κ1) is 15.3. The molecule has 1 saturated heterocycles. The van der Waals surface area contributed by atoms with Crippen molar-refractivity contribution >= 4 is 5.69 Å². The monoisotopic (exact) mass is 277 g/mol. The highest BCUT2D eigenvalue weighted by Crippen LogP contribution is 2.12. The summed E-state index contributed by atoms with van der Waals surface area (Å²) in [6.07, 6.45) is 0.965. The molecule has 0 aliphatic carbocycles. The van der Waals surface area contributed by atoms with Crippen LogP contribution in [0.2, 0.25) is 0 Å². The lowest BCUT2D eigenvalue weighted by Gasteiger charge is -2.21. The molecule has 0 amide bonds. The molecule has 112 valence electrons. The zero-order valence-electron chi connectivity index (χ0n) is 12.1. The number of anilines is 1. The van der Waals surface area contributed by atoms with Crippen LogP contribution in [0.15, 0.2) is 24.3 Å². The molecule has 1 atom stereocenters. The summed E-state index contributed by atoms with van der Waals surface area (Å²) in [4.78, 5) is 0. The van der Waals surface area contributed by atoms with E-state index >= 15 is 0 Å². The van der Waals surface area contributed by atoms with Crippen LogP contribution in [0.4, 0.5) is 5.69 Å². The van der Waals surface area contributed by atoms with Gasteiger partial charge in [-0.3, -0.25) is 0 Å². The summed E-state index contributed by atoms with van der Waals surface area (Å²) >= 11 is 0. The summed E-state index contributed by atoms with van der Waals surface area (Å²) < 4.78 is 0. The molecule has 1 fully saturated rings. The maximum absolute atomic E-state index is 6.04. The fraction of sp³-hybridized carbons (Fsp3) is 0.600. The van der Waals surface area contributed by atoms with Gasteiger partial charge in [-0.15, -0.1) is 0 Å². The van der Waals surface area contributed by atoms with Crippen LogP contribution in [0.5, 0.6) is 0 Å². The van der Waals surface area contributed by atoms with Crippen molar-refractivity contribution in [2.24, 2.45) is 0 Å². The maximum atomic E-state index is 6.04. The Labute approximate surface area is 121 Å². The molecule has 1 aliphatic rings. The summed E-state index contributed by atoms with van der Waals surface area (Å²) in [6.45, 7) is 7.03. The Balaban J connectivity index is 1.87. The molecule has 0 radical (unpaired) electrons. The average molecular weight is 277 g/mol. The first-order valence-electron chi connectivity index (χ1n) is 7.55. The third kappa shape index (κ3) is 5.46. The number of benzene rings is 1. The number of hydrogen-bond acceptors (Lipinski definition) is 5. The zero-order valence-corrected chi connectivity index (χ0v) is 12.1. The predicted molar refractivity (Wildman–Crippen MR) is 85.0 cm³/mol. The molecule has 0 unspecified atom stereocenters. The van der Waals surface area contributed by atoms with Gasteiger partial charge in [0.2, 0.25) is 0 Å². The van der Waals surface area contributed by atoms with Crippen molar-refractivity contribution in [3.63, 3.8) is 0 Å². The second-order valence-corrected chi connectivity index (χ2v) is 5.26. The maximum Gasteiger partial charge on any atom is 0.0347 e. The minimum atomic E-state index is 0.418. The highest BCUT2D eigenvalue weighted by Gasteiger charge is 2.10. The quantitative estimate of drug-likeness (QED) is 0.474. The van der Waals surface area contributed by atoms with E-state index in [1.807, 2.05) is 12.1 Å². The van der Waals surface area contributed by atoms with E-state index in [1.54, 1.807) is 0 Å². The van der Waals surface area contributed by atoms with E-state index in [9.17, 15) is 0 Å². The molecule has 0 saturated carbocycles. The minimum absolute atomic E-state index is 0.418. The topological polar surface area (TPSA) is 74.1 Å². The van der Waals surface area contributed by atoms with Crippen LogP contribution in [-0.2, 0) is 6.42 Å². The van der Waals surface area contributed by atoms with Crippen molar-refractivity contribution in [1.29, 1.82) is 0 Å². The van der Waals surface area contributed by atoms with Gasteiger partial charge in [0.1, 0.15) is 0 Å². The van der Waals surface area contributed by atoms with Crippen molar-refractivity contribution in [1.82, 2.24) is 21.3 Å². The highest BCUT2D eigenvalue weighted by molar-refractivity contribution is 5.46. The van der Waals surface area contributed by atoms with Crippen molar-refractivity contribution in [2.75, 3.05) is 51.5 Å².